The van der Waals surface area contributed by atoms with Crippen molar-refractivity contribution in [2.24, 2.45) is 0 Å². The molecule has 0 aliphatic carbocycles. The van der Waals surface area contributed by atoms with E-state index < -0.39 is 5.63 Å². The second kappa shape index (κ2) is 6.11. The van der Waals surface area contributed by atoms with Crippen LogP contribution in [0.25, 0.3) is 39.1 Å². The van der Waals surface area contributed by atoms with Gasteiger partial charge in [-0.1, -0.05) is 41.9 Å². The van der Waals surface area contributed by atoms with Crippen LogP contribution in [0.15, 0.2) is 88.1 Å². The van der Waals surface area contributed by atoms with E-state index in [0.717, 1.165) is 22.1 Å². The van der Waals surface area contributed by atoms with E-state index in [1.54, 1.807) is 6.07 Å². The predicted octanol–water partition coefficient (Wildman–Crippen LogP) is 5.45. The van der Waals surface area contributed by atoms with E-state index >= 15 is 0 Å². The second-order valence-electron chi connectivity index (χ2n) is 6.22. The standard InChI is InChI=1S/C22H13ClN2O2/c23-15-9-11-16(12-10-15)25-19-7-3-2-6-18(19)24-21(25)17-13-14-5-1-4-8-20(14)27-22(17)26/h1-13H. The molecule has 0 bridgehead atoms. The fraction of sp³-hybridized carbons (Fsp3) is 0. The Hall–Kier alpha value is -3.37. The summed E-state index contributed by atoms with van der Waals surface area (Å²) >= 11 is 6.05. The molecular weight excluding hydrogens is 360 g/mol. The van der Waals surface area contributed by atoms with E-state index in [4.69, 9.17) is 21.0 Å². The fourth-order valence-corrected chi connectivity index (χ4v) is 3.40. The van der Waals surface area contributed by atoms with Crippen LogP contribution in [0.5, 0.6) is 0 Å². The summed E-state index contributed by atoms with van der Waals surface area (Å²) in [7, 11) is 0. The Labute approximate surface area is 159 Å². The highest BCUT2D eigenvalue weighted by Crippen LogP contribution is 2.29. The van der Waals surface area contributed by atoms with Crippen LogP contribution in [-0.4, -0.2) is 9.55 Å². The molecule has 0 aliphatic rings. The molecule has 3 aromatic carbocycles. The minimum absolute atomic E-state index is 0.417. The molecule has 0 unspecified atom stereocenters. The number of nitrogens with zero attached hydrogens (tertiary/aromatic N) is 2. The van der Waals surface area contributed by atoms with Crippen molar-refractivity contribution in [2.75, 3.05) is 0 Å². The Morgan fingerprint density at radius 3 is 2.48 bits per heavy atom. The largest absolute Gasteiger partial charge is 0.422 e. The van der Waals surface area contributed by atoms with Gasteiger partial charge in [0.05, 0.1) is 11.0 Å². The third-order valence-electron chi connectivity index (χ3n) is 4.53. The number of fused-ring (bicyclic) bond motifs is 2. The number of aromatic nitrogens is 2. The maximum absolute atomic E-state index is 12.7. The fourth-order valence-electron chi connectivity index (χ4n) is 3.28. The van der Waals surface area contributed by atoms with Gasteiger partial charge in [0.25, 0.3) is 0 Å². The summed E-state index contributed by atoms with van der Waals surface area (Å²) in [6.45, 7) is 0. The normalized spacial score (nSPS) is 11.3. The van der Waals surface area contributed by atoms with Gasteiger partial charge in [-0.25, -0.2) is 9.78 Å². The third kappa shape index (κ3) is 2.62. The van der Waals surface area contributed by atoms with E-state index in [0.29, 0.717) is 22.0 Å². The number of imidazole rings is 1. The van der Waals surface area contributed by atoms with Crippen molar-refractivity contribution in [1.82, 2.24) is 9.55 Å². The van der Waals surface area contributed by atoms with E-state index in [1.807, 2.05) is 77.4 Å². The third-order valence-corrected chi connectivity index (χ3v) is 4.78. The van der Waals surface area contributed by atoms with Gasteiger partial charge in [0.1, 0.15) is 11.1 Å². The molecule has 5 heteroatoms. The van der Waals surface area contributed by atoms with Crippen molar-refractivity contribution in [3.63, 3.8) is 0 Å². The summed E-state index contributed by atoms with van der Waals surface area (Å²) in [6.07, 6.45) is 0. The topological polar surface area (TPSA) is 48.0 Å². The van der Waals surface area contributed by atoms with Gasteiger partial charge in [0.2, 0.25) is 0 Å². The van der Waals surface area contributed by atoms with Gasteiger partial charge in [-0.3, -0.25) is 4.57 Å². The van der Waals surface area contributed by atoms with E-state index in [2.05, 4.69) is 0 Å². The van der Waals surface area contributed by atoms with Crippen LogP contribution in [0, 0.1) is 0 Å². The molecule has 0 radical (unpaired) electrons. The van der Waals surface area contributed by atoms with E-state index in [9.17, 15) is 4.79 Å². The Bertz CT molecular complexity index is 1350. The predicted molar refractivity (Wildman–Crippen MR) is 108 cm³/mol. The molecule has 4 nitrogen and oxygen atoms in total. The van der Waals surface area contributed by atoms with Gasteiger partial charge < -0.3 is 4.42 Å². The first-order valence-electron chi connectivity index (χ1n) is 8.47. The molecule has 0 aliphatic heterocycles. The SMILES string of the molecule is O=c1oc2ccccc2cc1-c1nc2ccccc2n1-c1ccc(Cl)cc1. The van der Waals surface area contributed by atoms with Crippen LogP contribution in [0.4, 0.5) is 0 Å². The summed E-state index contributed by atoms with van der Waals surface area (Å²) in [5.74, 6) is 0.540. The Kier molecular flexibility index (Phi) is 3.59. The molecule has 0 amide bonds. The summed E-state index contributed by atoms with van der Waals surface area (Å²) in [6, 6.07) is 24.5. The molecule has 0 N–H and O–H groups in total. The zero-order valence-corrected chi connectivity index (χ0v) is 14.9. The molecule has 130 valence electrons. The van der Waals surface area contributed by atoms with Gasteiger partial charge >= 0.3 is 5.63 Å². The highest BCUT2D eigenvalue weighted by atomic mass is 35.5. The van der Waals surface area contributed by atoms with Crippen molar-refractivity contribution in [3.05, 3.63) is 94.3 Å². The Morgan fingerprint density at radius 1 is 0.889 bits per heavy atom. The number of halogens is 1. The van der Waals surface area contributed by atoms with E-state index in [1.165, 1.54) is 0 Å². The molecular formula is C22H13ClN2O2. The Morgan fingerprint density at radius 2 is 1.63 bits per heavy atom. The molecule has 27 heavy (non-hydrogen) atoms. The first kappa shape index (κ1) is 15.9. The van der Waals surface area contributed by atoms with Gasteiger partial charge in [0.15, 0.2) is 5.82 Å². The van der Waals surface area contributed by atoms with Crippen molar-refractivity contribution < 1.29 is 4.42 Å². The lowest BCUT2D eigenvalue weighted by Gasteiger charge is -2.09. The smallest absolute Gasteiger partial charge is 0.347 e. The lowest BCUT2D eigenvalue weighted by molar-refractivity contribution is 0.562. The summed E-state index contributed by atoms with van der Waals surface area (Å²) in [5, 5.41) is 1.50. The van der Waals surface area contributed by atoms with Gasteiger partial charge in [0, 0.05) is 16.1 Å². The maximum atomic E-state index is 12.7. The number of para-hydroxylation sites is 3. The first-order chi connectivity index (χ1) is 13.2. The molecule has 2 heterocycles. The molecule has 0 fully saturated rings. The average molecular weight is 373 g/mol. The van der Waals surface area contributed by atoms with Crippen LogP contribution >= 0.6 is 11.6 Å². The molecule has 5 rings (SSSR count). The zero-order valence-electron chi connectivity index (χ0n) is 14.1. The lowest BCUT2D eigenvalue weighted by Crippen LogP contribution is -2.07. The highest BCUT2D eigenvalue weighted by Gasteiger charge is 2.18. The van der Waals surface area contributed by atoms with Crippen molar-refractivity contribution >= 4 is 33.6 Å². The maximum Gasteiger partial charge on any atom is 0.347 e. The molecule has 2 aromatic heterocycles. The van der Waals surface area contributed by atoms with Crippen molar-refractivity contribution in [2.45, 2.75) is 0 Å². The molecule has 5 aromatic rings. The van der Waals surface area contributed by atoms with Crippen LogP contribution < -0.4 is 5.63 Å². The minimum Gasteiger partial charge on any atom is -0.422 e. The molecule has 0 spiro atoms. The number of hydrogen-bond acceptors (Lipinski definition) is 3. The lowest BCUT2D eigenvalue weighted by atomic mass is 10.1. The summed E-state index contributed by atoms with van der Waals surface area (Å²) in [4.78, 5) is 17.4. The number of benzene rings is 3. The van der Waals surface area contributed by atoms with Gasteiger partial charge in [-0.15, -0.1) is 0 Å². The quantitative estimate of drug-likeness (QED) is 0.387. The average Bonchev–Trinajstić information content (AvgIpc) is 3.07. The van der Waals surface area contributed by atoms with Gasteiger partial charge in [-0.05, 0) is 48.5 Å². The molecule has 0 atom stereocenters. The zero-order chi connectivity index (χ0) is 18.4. The van der Waals surface area contributed by atoms with Gasteiger partial charge in [-0.2, -0.15) is 0 Å². The number of hydrogen-bond donors (Lipinski definition) is 0. The van der Waals surface area contributed by atoms with Crippen LogP contribution in [0.2, 0.25) is 5.02 Å². The highest BCUT2D eigenvalue weighted by molar-refractivity contribution is 6.30. The summed E-state index contributed by atoms with van der Waals surface area (Å²) in [5.41, 5.74) is 3.13. The van der Waals surface area contributed by atoms with Crippen LogP contribution in [-0.2, 0) is 0 Å². The van der Waals surface area contributed by atoms with Crippen LogP contribution in [0.1, 0.15) is 0 Å². The van der Waals surface area contributed by atoms with Crippen molar-refractivity contribution in [3.8, 4) is 17.1 Å². The first-order valence-corrected chi connectivity index (χ1v) is 8.85. The second-order valence-corrected chi connectivity index (χ2v) is 6.66. The van der Waals surface area contributed by atoms with Crippen molar-refractivity contribution in [1.29, 1.82) is 0 Å². The number of rotatable bonds is 2. The monoisotopic (exact) mass is 372 g/mol. The van der Waals surface area contributed by atoms with E-state index in [-0.39, 0.29) is 0 Å². The minimum atomic E-state index is -0.417. The van der Waals surface area contributed by atoms with Crippen LogP contribution in [0.3, 0.4) is 0 Å². The summed E-state index contributed by atoms with van der Waals surface area (Å²) < 4.78 is 7.47. The Balaban J connectivity index is 1.86. The molecule has 0 saturated carbocycles. The molecule has 0 saturated heterocycles.